The van der Waals surface area contributed by atoms with E-state index in [9.17, 15) is 0 Å². The Morgan fingerprint density at radius 2 is 1.76 bits per heavy atom. The number of para-hydroxylation sites is 1. The first-order valence-electron chi connectivity index (χ1n) is 11.7. The van der Waals surface area contributed by atoms with Crippen LogP contribution in [-0.4, -0.2) is 32.7 Å². The van der Waals surface area contributed by atoms with Crippen molar-refractivity contribution >= 4 is 44.9 Å². The molecule has 3 aromatic heterocycles. The van der Waals surface area contributed by atoms with Crippen LogP contribution < -0.4 is 10.6 Å². The fraction of sp³-hybridized carbons (Fsp3) is 0.222. The average Bonchev–Trinajstić information content (AvgIpc) is 3.26. The number of pyridine rings is 1. The van der Waals surface area contributed by atoms with Crippen molar-refractivity contribution < 1.29 is 4.74 Å². The van der Waals surface area contributed by atoms with E-state index >= 15 is 0 Å². The maximum Gasteiger partial charge on any atom is 0.229 e. The highest BCUT2D eigenvalue weighted by atomic mass is 16.5. The van der Waals surface area contributed by atoms with Crippen LogP contribution in [0.3, 0.4) is 0 Å². The molecule has 2 aromatic carbocycles. The number of hydrogen-bond donors (Lipinski definition) is 2. The van der Waals surface area contributed by atoms with Crippen molar-refractivity contribution in [2.24, 2.45) is 5.92 Å². The first-order valence-corrected chi connectivity index (χ1v) is 11.7. The lowest BCUT2D eigenvalue weighted by Gasteiger charge is -2.22. The highest BCUT2D eigenvalue weighted by Crippen LogP contribution is 2.26. The summed E-state index contributed by atoms with van der Waals surface area (Å²) in [5.41, 5.74) is 4.06. The Bertz CT molecular complexity index is 1440. The van der Waals surface area contributed by atoms with Gasteiger partial charge in [-0.25, -0.2) is 4.98 Å². The second-order valence-electron chi connectivity index (χ2n) is 8.73. The molecule has 0 saturated carbocycles. The summed E-state index contributed by atoms with van der Waals surface area (Å²) in [6, 6.07) is 20.5. The number of ether oxygens (including phenoxy) is 1. The van der Waals surface area contributed by atoms with Crippen LogP contribution in [0.4, 0.5) is 23.1 Å². The highest BCUT2D eigenvalue weighted by molar-refractivity contribution is 5.85. The molecule has 0 radical (unpaired) electrons. The molecule has 1 saturated heterocycles. The number of rotatable bonds is 6. The summed E-state index contributed by atoms with van der Waals surface area (Å²) >= 11 is 0. The predicted octanol–water partition coefficient (Wildman–Crippen LogP) is 5.89. The molecule has 7 heteroatoms. The minimum atomic E-state index is 0.541. The molecule has 7 nitrogen and oxygen atoms in total. The Balaban J connectivity index is 1.17. The number of fused-ring (bicyclic) bond motifs is 2. The first kappa shape index (κ1) is 20.6. The van der Waals surface area contributed by atoms with E-state index in [-0.39, 0.29) is 0 Å². The summed E-state index contributed by atoms with van der Waals surface area (Å²) in [5.74, 6) is 1.93. The van der Waals surface area contributed by atoms with Gasteiger partial charge in [-0.2, -0.15) is 4.98 Å². The van der Waals surface area contributed by atoms with Gasteiger partial charge in [0, 0.05) is 54.1 Å². The number of hydrogen-bond acceptors (Lipinski definition) is 6. The van der Waals surface area contributed by atoms with E-state index < -0.39 is 0 Å². The van der Waals surface area contributed by atoms with E-state index in [1.54, 1.807) is 6.20 Å². The molecule has 0 atom stereocenters. The van der Waals surface area contributed by atoms with Crippen molar-refractivity contribution in [3.8, 4) is 0 Å². The van der Waals surface area contributed by atoms with Crippen LogP contribution in [0.25, 0.3) is 21.8 Å². The molecule has 0 bridgehead atoms. The van der Waals surface area contributed by atoms with Gasteiger partial charge in [-0.05, 0) is 61.2 Å². The van der Waals surface area contributed by atoms with E-state index in [2.05, 4.69) is 66.7 Å². The quantitative estimate of drug-likeness (QED) is 0.336. The van der Waals surface area contributed by atoms with E-state index in [4.69, 9.17) is 4.74 Å². The van der Waals surface area contributed by atoms with Crippen molar-refractivity contribution in [2.75, 3.05) is 23.8 Å². The topological polar surface area (TPSA) is 76.9 Å². The summed E-state index contributed by atoms with van der Waals surface area (Å²) in [6.07, 6.45) is 8.01. The van der Waals surface area contributed by atoms with Crippen molar-refractivity contribution in [1.82, 2.24) is 19.5 Å². The molecule has 5 aromatic rings. The molecular formula is C27H26N6O. The van der Waals surface area contributed by atoms with Crippen molar-refractivity contribution in [2.45, 2.75) is 19.4 Å². The largest absolute Gasteiger partial charge is 0.381 e. The zero-order chi connectivity index (χ0) is 22.7. The van der Waals surface area contributed by atoms with Gasteiger partial charge in [-0.3, -0.25) is 4.98 Å². The van der Waals surface area contributed by atoms with Gasteiger partial charge in [-0.15, -0.1) is 0 Å². The fourth-order valence-electron chi connectivity index (χ4n) is 4.55. The van der Waals surface area contributed by atoms with E-state index in [1.807, 2.05) is 36.5 Å². The monoisotopic (exact) mass is 450 g/mol. The van der Waals surface area contributed by atoms with Crippen LogP contribution in [0.5, 0.6) is 0 Å². The summed E-state index contributed by atoms with van der Waals surface area (Å²) in [4.78, 5) is 13.5. The molecule has 0 aliphatic carbocycles. The summed E-state index contributed by atoms with van der Waals surface area (Å²) in [6.45, 7) is 2.80. The lowest BCUT2D eigenvalue weighted by molar-refractivity contribution is 0.0616. The average molecular weight is 451 g/mol. The normalized spacial score (nSPS) is 14.5. The van der Waals surface area contributed by atoms with Gasteiger partial charge >= 0.3 is 0 Å². The van der Waals surface area contributed by atoms with Crippen LogP contribution in [0.2, 0.25) is 0 Å². The van der Waals surface area contributed by atoms with Gasteiger partial charge in [0.15, 0.2) is 0 Å². The third-order valence-electron chi connectivity index (χ3n) is 6.34. The first-order chi connectivity index (χ1) is 16.8. The van der Waals surface area contributed by atoms with Crippen molar-refractivity contribution in [3.05, 3.63) is 79.3 Å². The standard InChI is InChI=1S/C27H26N6O/c1-2-4-24-20(3-1)15-23(17-29-24)30-26-7-11-28-27(32-26)31-22-5-6-25-21(16-22)8-12-33(25)18-19-9-13-34-14-10-19/h1-8,11-12,15-17,19H,9-10,13-14,18H2,(H2,28,30,31,32). The number of nitrogens with zero attached hydrogens (tertiary/aromatic N) is 4. The molecule has 34 heavy (non-hydrogen) atoms. The Kier molecular flexibility index (Phi) is 5.53. The van der Waals surface area contributed by atoms with Crippen LogP contribution in [0.1, 0.15) is 12.8 Å². The Morgan fingerprint density at radius 3 is 2.71 bits per heavy atom. The SMILES string of the molecule is c1ccc2ncc(Nc3ccnc(Nc4ccc5c(ccn5CC5CCOCC5)c4)n3)cc2c1. The van der Waals surface area contributed by atoms with Crippen molar-refractivity contribution in [1.29, 1.82) is 0 Å². The third-order valence-corrected chi connectivity index (χ3v) is 6.34. The van der Waals surface area contributed by atoms with Gasteiger partial charge in [0.2, 0.25) is 5.95 Å². The number of benzene rings is 2. The van der Waals surface area contributed by atoms with E-state index in [0.717, 1.165) is 54.9 Å². The number of nitrogens with one attached hydrogen (secondary N) is 2. The predicted molar refractivity (Wildman–Crippen MR) is 136 cm³/mol. The lowest BCUT2D eigenvalue weighted by Crippen LogP contribution is -2.19. The van der Waals surface area contributed by atoms with Gasteiger partial charge in [0.05, 0.1) is 17.4 Å². The van der Waals surface area contributed by atoms with E-state index in [0.29, 0.717) is 17.7 Å². The third kappa shape index (κ3) is 4.43. The van der Waals surface area contributed by atoms with Gasteiger partial charge < -0.3 is 19.9 Å². The maximum absolute atomic E-state index is 5.50. The molecule has 4 heterocycles. The van der Waals surface area contributed by atoms with E-state index in [1.165, 1.54) is 10.9 Å². The van der Waals surface area contributed by atoms with Gasteiger partial charge in [-0.1, -0.05) is 18.2 Å². The molecule has 0 amide bonds. The lowest BCUT2D eigenvalue weighted by atomic mass is 10.0. The van der Waals surface area contributed by atoms with Crippen molar-refractivity contribution in [3.63, 3.8) is 0 Å². The summed E-state index contributed by atoms with van der Waals surface area (Å²) in [7, 11) is 0. The Labute approximate surface area is 197 Å². The molecule has 0 unspecified atom stereocenters. The second-order valence-corrected chi connectivity index (χ2v) is 8.73. The smallest absolute Gasteiger partial charge is 0.229 e. The molecule has 1 aliphatic heterocycles. The number of anilines is 4. The fourth-order valence-corrected chi connectivity index (χ4v) is 4.55. The molecular weight excluding hydrogens is 424 g/mol. The molecule has 1 fully saturated rings. The number of aromatic nitrogens is 4. The molecule has 1 aliphatic rings. The Hall–Kier alpha value is -3.97. The minimum absolute atomic E-state index is 0.541. The molecule has 0 spiro atoms. The second kappa shape index (κ2) is 9.11. The van der Waals surface area contributed by atoms with Crippen LogP contribution in [-0.2, 0) is 11.3 Å². The minimum Gasteiger partial charge on any atom is -0.381 e. The highest BCUT2D eigenvalue weighted by Gasteiger charge is 2.15. The Morgan fingerprint density at radius 1 is 0.882 bits per heavy atom. The molecule has 2 N–H and O–H groups in total. The van der Waals surface area contributed by atoms with Crippen LogP contribution >= 0.6 is 0 Å². The molecule has 6 rings (SSSR count). The maximum atomic E-state index is 5.50. The zero-order valence-corrected chi connectivity index (χ0v) is 18.8. The molecule has 170 valence electrons. The van der Waals surface area contributed by atoms with Crippen LogP contribution in [0, 0.1) is 5.92 Å². The summed E-state index contributed by atoms with van der Waals surface area (Å²) < 4.78 is 7.86. The zero-order valence-electron chi connectivity index (χ0n) is 18.8. The van der Waals surface area contributed by atoms with Crippen LogP contribution in [0.15, 0.2) is 79.3 Å². The summed E-state index contributed by atoms with van der Waals surface area (Å²) in [5, 5.41) is 8.95. The van der Waals surface area contributed by atoms with Gasteiger partial charge in [0.1, 0.15) is 5.82 Å². The van der Waals surface area contributed by atoms with Gasteiger partial charge in [0.25, 0.3) is 0 Å².